The van der Waals surface area contributed by atoms with Crippen molar-refractivity contribution in [1.82, 2.24) is 4.98 Å². The Labute approximate surface area is 102 Å². The van der Waals surface area contributed by atoms with Gasteiger partial charge in [0.1, 0.15) is 6.10 Å². The van der Waals surface area contributed by atoms with Crippen LogP contribution in [0.2, 0.25) is 0 Å². The Hall–Kier alpha value is -1.88. The standard InChI is InChI=1S/C13H10F3NO/c14-13(15,16)11-5-1-3-9(7-11)12(18)10-4-2-6-17-8-10/h1-8,12,18H. The van der Waals surface area contributed by atoms with E-state index in [1.54, 1.807) is 12.1 Å². The molecule has 0 aliphatic heterocycles. The van der Waals surface area contributed by atoms with Crippen LogP contribution in [0.1, 0.15) is 22.8 Å². The van der Waals surface area contributed by atoms with Crippen LogP contribution in [-0.4, -0.2) is 10.1 Å². The number of hydrogen-bond acceptors (Lipinski definition) is 2. The molecule has 0 aliphatic carbocycles. The minimum absolute atomic E-state index is 0.192. The Morgan fingerprint density at radius 2 is 1.78 bits per heavy atom. The molecule has 2 aromatic rings. The Balaban J connectivity index is 2.35. The summed E-state index contributed by atoms with van der Waals surface area (Å²) < 4.78 is 37.6. The second kappa shape index (κ2) is 4.78. The Kier molecular flexibility index (Phi) is 3.34. The third-order valence-electron chi connectivity index (χ3n) is 2.53. The molecule has 1 unspecified atom stereocenters. The van der Waals surface area contributed by atoms with Gasteiger partial charge in [0.15, 0.2) is 0 Å². The van der Waals surface area contributed by atoms with Crippen LogP contribution >= 0.6 is 0 Å². The average molecular weight is 253 g/mol. The number of halogens is 3. The lowest BCUT2D eigenvalue weighted by Gasteiger charge is -2.13. The van der Waals surface area contributed by atoms with E-state index >= 15 is 0 Å². The van der Waals surface area contributed by atoms with E-state index in [0.29, 0.717) is 5.56 Å². The lowest BCUT2D eigenvalue weighted by molar-refractivity contribution is -0.137. The third kappa shape index (κ3) is 2.68. The number of aromatic nitrogens is 1. The van der Waals surface area contributed by atoms with Crippen molar-refractivity contribution in [3.63, 3.8) is 0 Å². The van der Waals surface area contributed by atoms with E-state index in [1.807, 2.05) is 0 Å². The first-order valence-corrected chi connectivity index (χ1v) is 5.23. The van der Waals surface area contributed by atoms with Crippen molar-refractivity contribution in [2.24, 2.45) is 0 Å². The molecule has 1 aromatic carbocycles. The summed E-state index contributed by atoms with van der Waals surface area (Å²) >= 11 is 0. The Morgan fingerprint density at radius 1 is 1.06 bits per heavy atom. The normalized spacial score (nSPS) is 13.3. The highest BCUT2D eigenvalue weighted by Gasteiger charge is 2.30. The summed E-state index contributed by atoms with van der Waals surface area (Å²) in [5, 5.41) is 9.97. The van der Waals surface area contributed by atoms with E-state index < -0.39 is 17.8 Å². The molecule has 18 heavy (non-hydrogen) atoms. The van der Waals surface area contributed by atoms with Crippen molar-refractivity contribution in [3.8, 4) is 0 Å². The topological polar surface area (TPSA) is 33.1 Å². The zero-order valence-corrected chi connectivity index (χ0v) is 9.22. The highest BCUT2D eigenvalue weighted by Crippen LogP contribution is 2.31. The summed E-state index contributed by atoms with van der Waals surface area (Å²) in [4.78, 5) is 3.82. The first kappa shape index (κ1) is 12.6. The second-order valence-electron chi connectivity index (χ2n) is 3.81. The fourth-order valence-corrected chi connectivity index (χ4v) is 1.62. The first-order valence-electron chi connectivity index (χ1n) is 5.23. The van der Waals surface area contributed by atoms with Gasteiger partial charge in [-0.25, -0.2) is 0 Å². The fraction of sp³-hybridized carbons (Fsp3) is 0.154. The molecule has 2 nitrogen and oxygen atoms in total. The molecule has 0 spiro atoms. The van der Waals surface area contributed by atoms with Gasteiger partial charge in [0.2, 0.25) is 0 Å². The van der Waals surface area contributed by atoms with Crippen LogP contribution in [0.3, 0.4) is 0 Å². The monoisotopic (exact) mass is 253 g/mol. The molecule has 0 bridgehead atoms. The molecule has 5 heteroatoms. The molecule has 0 fully saturated rings. The van der Waals surface area contributed by atoms with Crippen molar-refractivity contribution < 1.29 is 18.3 Å². The smallest absolute Gasteiger partial charge is 0.384 e. The van der Waals surface area contributed by atoms with Crippen LogP contribution in [0.4, 0.5) is 13.2 Å². The predicted octanol–water partition coefficient (Wildman–Crippen LogP) is 3.18. The van der Waals surface area contributed by atoms with Crippen LogP contribution < -0.4 is 0 Å². The molecule has 2 rings (SSSR count). The molecule has 1 heterocycles. The Bertz CT molecular complexity index is 525. The zero-order chi connectivity index (χ0) is 13.2. The van der Waals surface area contributed by atoms with E-state index in [1.165, 1.54) is 24.5 Å². The Morgan fingerprint density at radius 3 is 2.39 bits per heavy atom. The molecule has 0 radical (unpaired) electrons. The minimum Gasteiger partial charge on any atom is -0.384 e. The molecule has 0 amide bonds. The summed E-state index contributed by atoms with van der Waals surface area (Å²) in [5.74, 6) is 0. The number of hydrogen-bond donors (Lipinski definition) is 1. The van der Waals surface area contributed by atoms with Gasteiger partial charge in [-0.05, 0) is 23.8 Å². The third-order valence-corrected chi connectivity index (χ3v) is 2.53. The van der Waals surface area contributed by atoms with E-state index in [-0.39, 0.29) is 5.56 Å². The predicted molar refractivity (Wildman–Crippen MR) is 59.7 cm³/mol. The van der Waals surface area contributed by atoms with Crippen LogP contribution in [0.25, 0.3) is 0 Å². The largest absolute Gasteiger partial charge is 0.416 e. The highest BCUT2D eigenvalue weighted by atomic mass is 19.4. The number of nitrogens with zero attached hydrogens (tertiary/aromatic N) is 1. The molecule has 94 valence electrons. The van der Waals surface area contributed by atoms with Crippen molar-refractivity contribution >= 4 is 0 Å². The summed E-state index contributed by atoms with van der Waals surface area (Å²) in [6, 6.07) is 7.87. The zero-order valence-electron chi connectivity index (χ0n) is 9.22. The average Bonchev–Trinajstić information content (AvgIpc) is 2.38. The van der Waals surface area contributed by atoms with Crippen LogP contribution in [0.15, 0.2) is 48.8 Å². The second-order valence-corrected chi connectivity index (χ2v) is 3.81. The van der Waals surface area contributed by atoms with Crippen molar-refractivity contribution in [1.29, 1.82) is 0 Å². The van der Waals surface area contributed by atoms with E-state index in [9.17, 15) is 18.3 Å². The number of alkyl halides is 3. The van der Waals surface area contributed by atoms with Crippen LogP contribution in [0, 0.1) is 0 Å². The SMILES string of the molecule is OC(c1cccnc1)c1cccc(C(F)(F)F)c1. The maximum atomic E-state index is 12.5. The van der Waals surface area contributed by atoms with E-state index in [0.717, 1.165) is 12.1 Å². The number of aliphatic hydroxyl groups is 1. The van der Waals surface area contributed by atoms with Crippen LogP contribution in [-0.2, 0) is 6.18 Å². The molecule has 0 aliphatic rings. The maximum absolute atomic E-state index is 12.5. The van der Waals surface area contributed by atoms with E-state index in [4.69, 9.17) is 0 Å². The van der Waals surface area contributed by atoms with E-state index in [2.05, 4.69) is 4.98 Å². The van der Waals surface area contributed by atoms with Gasteiger partial charge >= 0.3 is 6.18 Å². The van der Waals surface area contributed by atoms with Gasteiger partial charge < -0.3 is 5.11 Å². The minimum atomic E-state index is -4.41. The lowest BCUT2D eigenvalue weighted by Crippen LogP contribution is -2.07. The summed E-state index contributed by atoms with van der Waals surface area (Å²) in [5.41, 5.74) is -0.127. The first-order chi connectivity index (χ1) is 8.48. The molecular weight excluding hydrogens is 243 g/mol. The van der Waals surface area contributed by atoms with Crippen molar-refractivity contribution in [2.75, 3.05) is 0 Å². The fourth-order valence-electron chi connectivity index (χ4n) is 1.62. The molecule has 1 aromatic heterocycles. The van der Waals surface area contributed by atoms with Gasteiger partial charge in [-0.1, -0.05) is 18.2 Å². The van der Waals surface area contributed by atoms with Gasteiger partial charge in [0, 0.05) is 18.0 Å². The number of rotatable bonds is 2. The molecule has 0 saturated carbocycles. The van der Waals surface area contributed by atoms with Gasteiger partial charge in [-0.15, -0.1) is 0 Å². The van der Waals surface area contributed by atoms with Gasteiger partial charge in [0.05, 0.1) is 5.56 Å². The highest BCUT2D eigenvalue weighted by molar-refractivity contribution is 5.32. The summed E-state index contributed by atoms with van der Waals surface area (Å²) in [6.07, 6.45) is -2.57. The quantitative estimate of drug-likeness (QED) is 0.891. The van der Waals surface area contributed by atoms with Gasteiger partial charge in [0.25, 0.3) is 0 Å². The summed E-state index contributed by atoms with van der Waals surface area (Å²) in [7, 11) is 0. The number of pyridine rings is 1. The lowest BCUT2D eigenvalue weighted by atomic mass is 10.0. The number of benzene rings is 1. The van der Waals surface area contributed by atoms with Gasteiger partial charge in [-0.3, -0.25) is 4.98 Å². The van der Waals surface area contributed by atoms with Gasteiger partial charge in [-0.2, -0.15) is 13.2 Å². The molecule has 1 atom stereocenters. The molecule has 1 N–H and O–H groups in total. The summed E-state index contributed by atoms with van der Waals surface area (Å²) in [6.45, 7) is 0. The van der Waals surface area contributed by atoms with Crippen LogP contribution in [0.5, 0.6) is 0 Å². The van der Waals surface area contributed by atoms with Crippen molar-refractivity contribution in [3.05, 3.63) is 65.5 Å². The molecule has 0 saturated heterocycles. The number of aliphatic hydroxyl groups excluding tert-OH is 1. The molecular formula is C13H10F3NO. The van der Waals surface area contributed by atoms with Crippen molar-refractivity contribution in [2.45, 2.75) is 12.3 Å². The maximum Gasteiger partial charge on any atom is 0.416 e.